The molecule has 2 N–H and O–H groups in total. The van der Waals surface area contributed by atoms with E-state index in [1.54, 1.807) is 23.3 Å². The summed E-state index contributed by atoms with van der Waals surface area (Å²) in [6, 6.07) is 9.17. The number of aryl methyl sites for hydroxylation is 1. The van der Waals surface area contributed by atoms with Crippen LogP contribution in [0.15, 0.2) is 39.5 Å². The standard InChI is InChI=1S/C15H17BrN2OS/c1-10-3-5-12(6-4-10)14(17)15(19)18(2)8-11-7-13(16)20-9-11/h3-7,9,14H,8,17H2,1-2H3. The van der Waals surface area contributed by atoms with E-state index in [4.69, 9.17) is 5.73 Å². The van der Waals surface area contributed by atoms with Gasteiger partial charge >= 0.3 is 0 Å². The quantitative estimate of drug-likeness (QED) is 0.915. The predicted octanol–water partition coefficient (Wildman–Crippen LogP) is 3.48. The molecule has 1 atom stereocenters. The maximum absolute atomic E-state index is 12.3. The summed E-state index contributed by atoms with van der Waals surface area (Å²) in [6.45, 7) is 2.58. The fraction of sp³-hybridized carbons (Fsp3) is 0.267. The summed E-state index contributed by atoms with van der Waals surface area (Å²) >= 11 is 5.03. The van der Waals surface area contributed by atoms with E-state index in [1.165, 1.54) is 0 Å². The molecule has 106 valence electrons. The molecule has 0 aliphatic rings. The molecule has 2 rings (SSSR count). The zero-order valence-electron chi connectivity index (χ0n) is 11.5. The van der Waals surface area contributed by atoms with Crippen LogP contribution in [0.1, 0.15) is 22.7 Å². The Hall–Kier alpha value is -1.17. The van der Waals surface area contributed by atoms with Crippen LogP contribution >= 0.6 is 27.3 Å². The van der Waals surface area contributed by atoms with Gasteiger partial charge in [-0.1, -0.05) is 29.8 Å². The smallest absolute Gasteiger partial charge is 0.244 e. The third kappa shape index (κ3) is 3.69. The van der Waals surface area contributed by atoms with Crippen molar-refractivity contribution in [2.45, 2.75) is 19.5 Å². The van der Waals surface area contributed by atoms with Crippen LogP contribution in [0.3, 0.4) is 0 Å². The zero-order chi connectivity index (χ0) is 14.7. The molecule has 1 amide bonds. The van der Waals surface area contributed by atoms with Crippen molar-refractivity contribution in [3.63, 3.8) is 0 Å². The first kappa shape index (κ1) is 15.2. The Labute approximate surface area is 131 Å². The molecule has 0 spiro atoms. The first-order valence-electron chi connectivity index (χ1n) is 6.27. The highest BCUT2D eigenvalue weighted by molar-refractivity contribution is 9.11. The summed E-state index contributed by atoms with van der Waals surface area (Å²) in [5.74, 6) is -0.0730. The molecule has 20 heavy (non-hydrogen) atoms. The number of nitrogens with zero attached hydrogens (tertiary/aromatic N) is 1. The number of hydrogen-bond donors (Lipinski definition) is 1. The van der Waals surface area contributed by atoms with Gasteiger partial charge in [0.15, 0.2) is 0 Å². The first-order valence-corrected chi connectivity index (χ1v) is 7.94. The van der Waals surface area contributed by atoms with Gasteiger partial charge in [0.2, 0.25) is 5.91 Å². The van der Waals surface area contributed by atoms with Crippen LogP contribution in [-0.4, -0.2) is 17.9 Å². The number of nitrogens with two attached hydrogens (primary N) is 1. The van der Waals surface area contributed by atoms with Gasteiger partial charge in [-0.05, 0) is 45.4 Å². The summed E-state index contributed by atoms with van der Waals surface area (Å²) < 4.78 is 1.07. The summed E-state index contributed by atoms with van der Waals surface area (Å²) in [5.41, 5.74) is 9.16. The van der Waals surface area contributed by atoms with Crippen molar-refractivity contribution in [1.82, 2.24) is 4.90 Å². The minimum Gasteiger partial charge on any atom is -0.340 e. The molecule has 0 radical (unpaired) electrons. The van der Waals surface area contributed by atoms with Gasteiger partial charge in [-0.15, -0.1) is 11.3 Å². The van der Waals surface area contributed by atoms with Crippen molar-refractivity contribution in [3.8, 4) is 0 Å². The van der Waals surface area contributed by atoms with Gasteiger partial charge in [0.25, 0.3) is 0 Å². The fourth-order valence-corrected chi connectivity index (χ4v) is 3.13. The van der Waals surface area contributed by atoms with Gasteiger partial charge in [-0.3, -0.25) is 4.79 Å². The molecule has 1 unspecified atom stereocenters. The number of carbonyl (C=O) groups excluding carboxylic acids is 1. The third-order valence-electron chi connectivity index (χ3n) is 3.12. The minimum absolute atomic E-state index is 0.0730. The average Bonchev–Trinajstić information content (AvgIpc) is 2.83. The molecule has 0 aliphatic carbocycles. The molecule has 0 aliphatic heterocycles. The molecular weight excluding hydrogens is 336 g/mol. The second kappa shape index (κ2) is 6.52. The molecular formula is C15H17BrN2OS. The Balaban J connectivity index is 2.04. The number of amides is 1. The minimum atomic E-state index is -0.609. The molecule has 0 bridgehead atoms. The van der Waals surface area contributed by atoms with Crippen LogP contribution in [0.5, 0.6) is 0 Å². The highest BCUT2D eigenvalue weighted by Gasteiger charge is 2.20. The van der Waals surface area contributed by atoms with E-state index in [-0.39, 0.29) is 5.91 Å². The molecule has 1 aromatic heterocycles. The number of likely N-dealkylation sites (N-methyl/N-ethyl adjacent to an activating group) is 1. The summed E-state index contributed by atoms with van der Waals surface area (Å²) in [4.78, 5) is 14.0. The van der Waals surface area contributed by atoms with Gasteiger partial charge in [0.1, 0.15) is 6.04 Å². The topological polar surface area (TPSA) is 46.3 Å². The number of carbonyl (C=O) groups is 1. The van der Waals surface area contributed by atoms with E-state index < -0.39 is 6.04 Å². The Kier molecular flexibility index (Phi) is 4.96. The Morgan fingerprint density at radius 3 is 2.60 bits per heavy atom. The number of thiophene rings is 1. The van der Waals surface area contributed by atoms with E-state index in [1.807, 2.05) is 42.6 Å². The van der Waals surface area contributed by atoms with E-state index >= 15 is 0 Å². The lowest BCUT2D eigenvalue weighted by Gasteiger charge is -2.21. The highest BCUT2D eigenvalue weighted by Crippen LogP contribution is 2.22. The van der Waals surface area contributed by atoms with Gasteiger partial charge in [-0.25, -0.2) is 0 Å². The average molecular weight is 353 g/mol. The van der Waals surface area contributed by atoms with Crippen LogP contribution in [-0.2, 0) is 11.3 Å². The lowest BCUT2D eigenvalue weighted by atomic mass is 10.0. The number of rotatable bonds is 4. The normalized spacial score (nSPS) is 12.2. The van der Waals surface area contributed by atoms with Crippen molar-refractivity contribution in [2.24, 2.45) is 5.73 Å². The Morgan fingerprint density at radius 2 is 2.05 bits per heavy atom. The molecule has 0 saturated heterocycles. The third-order valence-corrected chi connectivity index (χ3v) is 4.67. The second-order valence-electron chi connectivity index (χ2n) is 4.84. The fourth-order valence-electron chi connectivity index (χ4n) is 1.93. The van der Waals surface area contributed by atoms with Gasteiger partial charge in [-0.2, -0.15) is 0 Å². The van der Waals surface area contributed by atoms with Crippen molar-refractivity contribution in [1.29, 1.82) is 0 Å². The predicted molar refractivity (Wildman–Crippen MR) is 86.6 cm³/mol. The lowest BCUT2D eigenvalue weighted by molar-refractivity contribution is -0.131. The van der Waals surface area contributed by atoms with Gasteiger partial charge < -0.3 is 10.6 Å². The van der Waals surface area contributed by atoms with Crippen LogP contribution < -0.4 is 5.73 Å². The highest BCUT2D eigenvalue weighted by atomic mass is 79.9. The van der Waals surface area contributed by atoms with E-state index in [2.05, 4.69) is 15.9 Å². The Morgan fingerprint density at radius 1 is 1.40 bits per heavy atom. The van der Waals surface area contributed by atoms with E-state index in [9.17, 15) is 4.79 Å². The molecule has 2 aromatic rings. The van der Waals surface area contributed by atoms with Crippen molar-refractivity contribution in [2.75, 3.05) is 7.05 Å². The molecule has 5 heteroatoms. The maximum Gasteiger partial charge on any atom is 0.244 e. The number of halogens is 1. The van der Waals surface area contributed by atoms with E-state index in [0.29, 0.717) is 6.54 Å². The van der Waals surface area contributed by atoms with Crippen molar-refractivity contribution >= 4 is 33.2 Å². The number of benzene rings is 1. The molecule has 1 aromatic carbocycles. The summed E-state index contributed by atoms with van der Waals surface area (Å²) in [5, 5.41) is 2.03. The van der Waals surface area contributed by atoms with E-state index in [0.717, 1.165) is 20.5 Å². The Bertz CT molecular complexity index is 594. The van der Waals surface area contributed by atoms with Gasteiger partial charge in [0.05, 0.1) is 3.79 Å². The van der Waals surface area contributed by atoms with Crippen molar-refractivity contribution < 1.29 is 4.79 Å². The van der Waals surface area contributed by atoms with Crippen LogP contribution in [0.25, 0.3) is 0 Å². The second-order valence-corrected chi connectivity index (χ2v) is 7.13. The van der Waals surface area contributed by atoms with Crippen LogP contribution in [0.2, 0.25) is 0 Å². The molecule has 0 fully saturated rings. The largest absolute Gasteiger partial charge is 0.340 e. The van der Waals surface area contributed by atoms with Crippen LogP contribution in [0.4, 0.5) is 0 Å². The van der Waals surface area contributed by atoms with Crippen molar-refractivity contribution in [3.05, 3.63) is 56.2 Å². The molecule has 1 heterocycles. The zero-order valence-corrected chi connectivity index (χ0v) is 13.9. The molecule has 0 saturated carbocycles. The maximum atomic E-state index is 12.3. The van der Waals surface area contributed by atoms with Gasteiger partial charge in [0, 0.05) is 13.6 Å². The number of hydrogen-bond acceptors (Lipinski definition) is 3. The monoisotopic (exact) mass is 352 g/mol. The molecule has 3 nitrogen and oxygen atoms in total. The summed E-state index contributed by atoms with van der Waals surface area (Å²) in [7, 11) is 1.78. The first-order chi connectivity index (χ1) is 9.47. The lowest BCUT2D eigenvalue weighted by Crippen LogP contribution is -2.35. The SMILES string of the molecule is Cc1ccc(C(N)C(=O)N(C)Cc2csc(Br)c2)cc1. The van der Waals surface area contributed by atoms with Crippen LogP contribution in [0, 0.1) is 6.92 Å². The summed E-state index contributed by atoms with van der Waals surface area (Å²) in [6.07, 6.45) is 0.